The molecule has 2 rings (SSSR count). The molecule has 0 radical (unpaired) electrons. The molecule has 1 atom stereocenters. The smallest absolute Gasteiger partial charge is 0.120 e. The second-order valence-electron chi connectivity index (χ2n) is 4.29. The quantitative estimate of drug-likeness (QED) is 0.875. The molecule has 0 aliphatic heterocycles. The molecule has 18 heavy (non-hydrogen) atoms. The molecule has 3 heteroatoms. The van der Waals surface area contributed by atoms with Crippen molar-refractivity contribution in [1.82, 2.24) is 5.32 Å². The normalized spacial score (nSPS) is 12.3. The highest BCUT2D eigenvalue weighted by molar-refractivity contribution is 6.30. The third-order valence-electron chi connectivity index (χ3n) is 2.94. The monoisotopic (exact) mass is 261 g/mol. The molecule has 0 fully saturated rings. The first-order chi connectivity index (χ1) is 8.66. The number of aromatic hydroxyl groups is 1. The fourth-order valence-electron chi connectivity index (χ4n) is 1.82. The lowest BCUT2D eigenvalue weighted by Gasteiger charge is -2.15. The van der Waals surface area contributed by atoms with Crippen LogP contribution in [-0.2, 0) is 6.54 Å². The molecule has 0 spiro atoms. The molecule has 0 aliphatic rings. The van der Waals surface area contributed by atoms with E-state index in [1.807, 2.05) is 42.5 Å². The highest BCUT2D eigenvalue weighted by Gasteiger charge is 2.06. The minimum Gasteiger partial charge on any atom is -0.508 e. The average Bonchev–Trinajstić information content (AvgIpc) is 2.37. The predicted molar refractivity (Wildman–Crippen MR) is 74.8 cm³/mol. The molecule has 2 aromatic carbocycles. The molecular formula is C15H16ClNO. The van der Waals surface area contributed by atoms with Gasteiger partial charge >= 0.3 is 0 Å². The van der Waals surface area contributed by atoms with Crippen molar-refractivity contribution in [3.63, 3.8) is 0 Å². The lowest BCUT2D eigenvalue weighted by molar-refractivity contribution is 0.460. The van der Waals surface area contributed by atoms with Crippen LogP contribution in [0, 0.1) is 0 Å². The maximum atomic E-state index is 9.68. The zero-order valence-electron chi connectivity index (χ0n) is 10.2. The summed E-state index contributed by atoms with van der Waals surface area (Å²) in [5, 5.41) is 13.8. The van der Waals surface area contributed by atoms with Gasteiger partial charge in [-0.05, 0) is 30.7 Å². The molecular weight excluding hydrogens is 246 g/mol. The molecule has 0 saturated heterocycles. The van der Waals surface area contributed by atoms with Gasteiger partial charge in [0, 0.05) is 23.2 Å². The van der Waals surface area contributed by atoms with Gasteiger partial charge in [-0.15, -0.1) is 0 Å². The van der Waals surface area contributed by atoms with Crippen molar-refractivity contribution < 1.29 is 5.11 Å². The average molecular weight is 262 g/mol. The fraction of sp³-hybridized carbons (Fsp3) is 0.200. The van der Waals surface area contributed by atoms with E-state index in [0.717, 1.165) is 16.1 Å². The Hall–Kier alpha value is -1.51. The van der Waals surface area contributed by atoms with Crippen LogP contribution in [-0.4, -0.2) is 5.11 Å². The molecule has 0 amide bonds. The Bertz CT molecular complexity index is 527. The Kier molecular flexibility index (Phi) is 4.24. The minimum atomic E-state index is 0.184. The SMILES string of the molecule is C[C@@H](NCc1ccccc1O)c1cccc(Cl)c1. The van der Waals surface area contributed by atoms with E-state index in [1.54, 1.807) is 6.07 Å². The lowest BCUT2D eigenvalue weighted by atomic mass is 10.1. The Balaban J connectivity index is 2.00. The van der Waals surface area contributed by atoms with E-state index in [9.17, 15) is 5.11 Å². The van der Waals surface area contributed by atoms with E-state index in [0.29, 0.717) is 12.3 Å². The van der Waals surface area contributed by atoms with Crippen LogP contribution in [0.2, 0.25) is 5.02 Å². The number of halogens is 1. The summed E-state index contributed by atoms with van der Waals surface area (Å²) < 4.78 is 0. The minimum absolute atomic E-state index is 0.184. The molecule has 0 saturated carbocycles. The van der Waals surface area contributed by atoms with Gasteiger partial charge in [-0.2, -0.15) is 0 Å². The number of phenols is 1. The van der Waals surface area contributed by atoms with Gasteiger partial charge in [0.15, 0.2) is 0 Å². The predicted octanol–water partition coefficient (Wildman–Crippen LogP) is 3.90. The van der Waals surface area contributed by atoms with E-state index in [4.69, 9.17) is 11.6 Å². The Labute approximate surface area is 112 Å². The highest BCUT2D eigenvalue weighted by atomic mass is 35.5. The summed E-state index contributed by atoms with van der Waals surface area (Å²) in [5.41, 5.74) is 2.03. The number of hydrogen-bond donors (Lipinski definition) is 2. The first-order valence-corrected chi connectivity index (χ1v) is 6.30. The van der Waals surface area contributed by atoms with E-state index >= 15 is 0 Å². The molecule has 0 aromatic heterocycles. The van der Waals surface area contributed by atoms with Crippen molar-refractivity contribution in [2.24, 2.45) is 0 Å². The first kappa shape index (κ1) is 12.9. The van der Waals surface area contributed by atoms with Crippen LogP contribution < -0.4 is 5.32 Å². The molecule has 0 aliphatic carbocycles. The summed E-state index contributed by atoms with van der Waals surface area (Å²) in [6.07, 6.45) is 0. The molecule has 0 heterocycles. The maximum absolute atomic E-state index is 9.68. The summed E-state index contributed by atoms with van der Waals surface area (Å²) in [6.45, 7) is 2.70. The number of nitrogens with one attached hydrogen (secondary N) is 1. The van der Waals surface area contributed by atoms with Crippen molar-refractivity contribution in [1.29, 1.82) is 0 Å². The molecule has 94 valence electrons. The Morgan fingerprint density at radius 2 is 1.94 bits per heavy atom. The lowest BCUT2D eigenvalue weighted by Crippen LogP contribution is -2.18. The second-order valence-corrected chi connectivity index (χ2v) is 4.72. The van der Waals surface area contributed by atoms with Crippen LogP contribution in [0.4, 0.5) is 0 Å². The zero-order valence-corrected chi connectivity index (χ0v) is 11.0. The van der Waals surface area contributed by atoms with Gasteiger partial charge < -0.3 is 10.4 Å². The number of phenolic OH excluding ortho intramolecular Hbond substituents is 1. The molecule has 2 N–H and O–H groups in total. The summed E-state index contributed by atoms with van der Waals surface area (Å²) in [6, 6.07) is 15.3. The van der Waals surface area contributed by atoms with Gasteiger partial charge in [0.25, 0.3) is 0 Å². The highest BCUT2D eigenvalue weighted by Crippen LogP contribution is 2.20. The van der Waals surface area contributed by atoms with Crippen LogP contribution in [0.15, 0.2) is 48.5 Å². The van der Waals surface area contributed by atoms with Crippen LogP contribution in [0.3, 0.4) is 0 Å². The molecule has 2 aromatic rings. The molecule has 0 bridgehead atoms. The Morgan fingerprint density at radius 1 is 1.17 bits per heavy atom. The molecule has 0 unspecified atom stereocenters. The fourth-order valence-corrected chi connectivity index (χ4v) is 2.02. The van der Waals surface area contributed by atoms with Gasteiger partial charge in [-0.3, -0.25) is 0 Å². The van der Waals surface area contributed by atoms with Crippen molar-refractivity contribution in [2.75, 3.05) is 0 Å². The van der Waals surface area contributed by atoms with Crippen molar-refractivity contribution in [2.45, 2.75) is 19.5 Å². The van der Waals surface area contributed by atoms with Gasteiger partial charge in [0.05, 0.1) is 0 Å². The van der Waals surface area contributed by atoms with Gasteiger partial charge in [-0.1, -0.05) is 41.9 Å². The zero-order chi connectivity index (χ0) is 13.0. The van der Waals surface area contributed by atoms with Gasteiger partial charge in [0.2, 0.25) is 0 Å². The van der Waals surface area contributed by atoms with Crippen LogP contribution >= 0.6 is 11.6 Å². The van der Waals surface area contributed by atoms with Crippen molar-refractivity contribution in [3.8, 4) is 5.75 Å². The first-order valence-electron chi connectivity index (χ1n) is 5.92. The van der Waals surface area contributed by atoms with E-state index in [1.165, 1.54) is 0 Å². The van der Waals surface area contributed by atoms with Crippen molar-refractivity contribution in [3.05, 3.63) is 64.7 Å². The van der Waals surface area contributed by atoms with Crippen LogP contribution in [0.1, 0.15) is 24.1 Å². The topological polar surface area (TPSA) is 32.3 Å². The van der Waals surface area contributed by atoms with E-state index < -0.39 is 0 Å². The standard InChI is InChI=1S/C15H16ClNO/c1-11(12-6-4-7-14(16)9-12)17-10-13-5-2-3-8-15(13)18/h2-9,11,17-18H,10H2,1H3/t11-/m1/s1. The second kappa shape index (κ2) is 5.89. The molecule has 2 nitrogen and oxygen atoms in total. The third kappa shape index (κ3) is 3.25. The van der Waals surface area contributed by atoms with E-state index in [-0.39, 0.29) is 6.04 Å². The largest absolute Gasteiger partial charge is 0.508 e. The summed E-state index contributed by atoms with van der Waals surface area (Å²) in [5.74, 6) is 0.322. The van der Waals surface area contributed by atoms with Crippen LogP contribution in [0.5, 0.6) is 5.75 Å². The number of hydrogen-bond acceptors (Lipinski definition) is 2. The summed E-state index contributed by atoms with van der Waals surface area (Å²) >= 11 is 5.96. The van der Waals surface area contributed by atoms with Gasteiger partial charge in [-0.25, -0.2) is 0 Å². The number of para-hydroxylation sites is 1. The summed E-state index contributed by atoms with van der Waals surface area (Å²) in [4.78, 5) is 0. The van der Waals surface area contributed by atoms with Gasteiger partial charge in [0.1, 0.15) is 5.75 Å². The summed E-state index contributed by atoms with van der Waals surface area (Å²) in [7, 11) is 0. The third-order valence-corrected chi connectivity index (χ3v) is 3.17. The van der Waals surface area contributed by atoms with Crippen molar-refractivity contribution >= 4 is 11.6 Å². The van der Waals surface area contributed by atoms with E-state index in [2.05, 4.69) is 12.2 Å². The number of benzene rings is 2. The number of rotatable bonds is 4. The maximum Gasteiger partial charge on any atom is 0.120 e. The van der Waals surface area contributed by atoms with Crippen LogP contribution in [0.25, 0.3) is 0 Å². The Morgan fingerprint density at radius 3 is 2.67 bits per heavy atom.